The summed E-state index contributed by atoms with van der Waals surface area (Å²) in [5, 5.41) is 3.48. The van der Waals surface area contributed by atoms with Crippen LogP contribution < -0.4 is 14.8 Å². The predicted octanol–water partition coefficient (Wildman–Crippen LogP) is 3.66. The predicted molar refractivity (Wildman–Crippen MR) is 84.8 cm³/mol. The van der Waals surface area contributed by atoms with Crippen LogP contribution in [-0.4, -0.2) is 27.3 Å². The highest BCUT2D eigenvalue weighted by molar-refractivity contribution is 5.42. The van der Waals surface area contributed by atoms with Crippen LogP contribution in [0.25, 0.3) is 0 Å². The van der Waals surface area contributed by atoms with Gasteiger partial charge in [0.05, 0.1) is 14.2 Å². The van der Waals surface area contributed by atoms with E-state index in [1.807, 2.05) is 6.07 Å². The molecular formula is C17H29NO2. The molecule has 114 valence electrons. The van der Waals surface area contributed by atoms with Crippen LogP contribution >= 0.6 is 0 Å². The highest BCUT2D eigenvalue weighted by Crippen LogP contribution is 2.28. The van der Waals surface area contributed by atoms with Crippen LogP contribution in [0.4, 0.5) is 0 Å². The molecule has 0 fully saturated rings. The summed E-state index contributed by atoms with van der Waals surface area (Å²) < 4.78 is 10.6. The van der Waals surface area contributed by atoms with Crippen LogP contribution in [0.3, 0.4) is 0 Å². The highest BCUT2D eigenvalue weighted by Gasteiger charge is 2.04. The summed E-state index contributed by atoms with van der Waals surface area (Å²) in [6.07, 6.45) is 4.84. The number of hydrogen-bond donors (Lipinski definition) is 1. The Hall–Kier alpha value is -1.22. The molecule has 0 aliphatic rings. The molecule has 0 atom stereocenters. The van der Waals surface area contributed by atoms with Gasteiger partial charge in [-0.15, -0.1) is 0 Å². The van der Waals surface area contributed by atoms with E-state index >= 15 is 0 Å². The van der Waals surface area contributed by atoms with E-state index < -0.39 is 0 Å². The van der Waals surface area contributed by atoms with Crippen molar-refractivity contribution in [1.82, 2.24) is 5.32 Å². The van der Waals surface area contributed by atoms with Gasteiger partial charge in [0, 0.05) is 0 Å². The van der Waals surface area contributed by atoms with Crippen molar-refractivity contribution >= 4 is 0 Å². The minimum atomic E-state index is 0.738. The number of aryl methyl sites for hydroxylation is 1. The fourth-order valence-electron chi connectivity index (χ4n) is 2.18. The standard InChI is InChI=1S/C17H29NO2/c1-14(2)13-18-11-7-5-6-8-15-9-10-16(19-3)17(12-15)20-4/h9-10,12,14,18H,5-8,11,13H2,1-4H3. The summed E-state index contributed by atoms with van der Waals surface area (Å²) in [5.41, 5.74) is 1.32. The number of ether oxygens (including phenoxy) is 2. The molecule has 0 saturated heterocycles. The number of unbranched alkanes of at least 4 members (excludes halogenated alkanes) is 2. The maximum Gasteiger partial charge on any atom is 0.160 e. The van der Waals surface area contributed by atoms with E-state index in [1.165, 1.54) is 24.8 Å². The highest BCUT2D eigenvalue weighted by atomic mass is 16.5. The number of benzene rings is 1. The average molecular weight is 279 g/mol. The lowest BCUT2D eigenvalue weighted by molar-refractivity contribution is 0.354. The molecule has 1 aromatic carbocycles. The van der Waals surface area contributed by atoms with Crippen LogP contribution in [0.2, 0.25) is 0 Å². The molecule has 0 spiro atoms. The summed E-state index contributed by atoms with van der Waals surface area (Å²) >= 11 is 0. The molecule has 0 bridgehead atoms. The van der Waals surface area contributed by atoms with Crippen molar-refractivity contribution in [2.24, 2.45) is 5.92 Å². The van der Waals surface area contributed by atoms with Crippen LogP contribution in [-0.2, 0) is 6.42 Å². The molecule has 0 unspecified atom stereocenters. The zero-order chi connectivity index (χ0) is 14.8. The molecule has 1 aromatic rings. The van der Waals surface area contributed by atoms with Gasteiger partial charge in [-0.25, -0.2) is 0 Å². The lowest BCUT2D eigenvalue weighted by Gasteiger charge is -2.10. The van der Waals surface area contributed by atoms with Gasteiger partial charge in [0.25, 0.3) is 0 Å². The van der Waals surface area contributed by atoms with Gasteiger partial charge in [-0.2, -0.15) is 0 Å². The third-order valence-electron chi connectivity index (χ3n) is 3.32. The van der Waals surface area contributed by atoms with Crippen molar-refractivity contribution in [2.75, 3.05) is 27.3 Å². The van der Waals surface area contributed by atoms with Gasteiger partial charge in [-0.1, -0.05) is 26.3 Å². The first-order chi connectivity index (χ1) is 9.67. The summed E-state index contributed by atoms with van der Waals surface area (Å²) in [4.78, 5) is 0. The second-order valence-electron chi connectivity index (χ2n) is 5.60. The van der Waals surface area contributed by atoms with Crippen molar-refractivity contribution in [3.8, 4) is 11.5 Å². The molecule has 1 N–H and O–H groups in total. The molecule has 0 saturated carbocycles. The molecule has 0 aromatic heterocycles. The van der Waals surface area contributed by atoms with Crippen molar-refractivity contribution in [1.29, 1.82) is 0 Å². The molecule has 20 heavy (non-hydrogen) atoms. The number of rotatable bonds is 10. The van der Waals surface area contributed by atoms with E-state index in [1.54, 1.807) is 14.2 Å². The summed E-state index contributed by atoms with van der Waals surface area (Å²) in [5.74, 6) is 2.36. The van der Waals surface area contributed by atoms with Gasteiger partial charge in [0.1, 0.15) is 0 Å². The first-order valence-corrected chi connectivity index (χ1v) is 7.59. The normalized spacial score (nSPS) is 10.8. The maximum atomic E-state index is 5.32. The topological polar surface area (TPSA) is 30.5 Å². The lowest BCUT2D eigenvalue weighted by atomic mass is 10.1. The molecule has 3 heteroatoms. The zero-order valence-corrected chi connectivity index (χ0v) is 13.4. The fourth-order valence-corrected chi connectivity index (χ4v) is 2.18. The van der Waals surface area contributed by atoms with Crippen LogP contribution in [0.15, 0.2) is 18.2 Å². The smallest absolute Gasteiger partial charge is 0.160 e. The largest absolute Gasteiger partial charge is 0.493 e. The Balaban J connectivity index is 2.22. The van der Waals surface area contributed by atoms with E-state index in [2.05, 4.69) is 31.3 Å². The average Bonchev–Trinajstić information content (AvgIpc) is 2.45. The Morgan fingerprint density at radius 3 is 2.40 bits per heavy atom. The first kappa shape index (κ1) is 16.8. The van der Waals surface area contributed by atoms with E-state index in [9.17, 15) is 0 Å². The molecule has 0 heterocycles. The Labute approximate surface area is 123 Å². The fraction of sp³-hybridized carbons (Fsp3) is 0.647. The van der Waals surface area contributed by atoms with Gasteiger partial charge in [-0.3, -0.25) is 0 Å². The molecule has 1 rings (SSSR count). The molecular weight excluding hydrogens is 250 g/mol. The SMILES string of the molecule is COc1ccc(CCCCCNCC(C)C)cc1OC. The Kier molecular flexibility index (Phi) is 8.12. The third-order valence-corrected chi connectivity index (χ3v) is 3.32. The Bertz CT molecular complexity index is 377. The summed E-state index contributed by atoms with van der Waals surface area (Å²) in [7, 11) is 3.35. The third kappa shape index (κ3) is 6.29. The Morgan fingerprint density at radius 1 is 1.00 bits per heavy atom. The quantitative estimate of drug-likeness (QED) is 0.663. The van der Waals surface area contributed by atoms with E-state index in [0.29, 0.717) is 0 Å². The van der Waals surface area contributed by atoms with Crippen molar-refractivity contribution < 1.29 is 9.47 Å². The number of methoxy groups -OCH3 is 2. The number of nitrogens with one attached hydrogen (secondary N) is 1. The maximum absolute atomic E-state index is 5.32. The van der Waals surface area contributed by atoms with Gasteiger partial charge < -0.3 is 14.8 Å². The van der Waals surface area contributed by atoms with E-state index in [0.717, 1.165) is 36.9 Å². The van der Waals surface area contributed by atoms with Gasteiger partial charge in [-0.05, 0) is 56.0 Å². The van der Waals surface area contributed by atoms with E-state index in [-0.39, 0.29) is 0 Å². The van der Waals surface area contributed by atoms with Crippen LogP contribution in [0.1, 0.15) is 38.7 Å². The summed E-state index contributed by atoms with van der Waals surface area (Å²) in [6.45, 7) is 6.73. The molecule has 0 aliphatic heterocycles. The van der Waals surface area contributed by atoms with Gasteiger partial charge in [0.2, 0.25) is 0 Å². The van der Waals surface area contributed by atoms with Crippen molar-refractivity contribution in [3.05, 3.63) is 23.8 Å². The molecule has 0 aliphatic carbocycles. The minimum Gasteiger partial charge on any atom is -0.493 e. The zero-order valence-electron chi connectivity index (χ0n) is 13.4. The molecule has 0 radical (unpaired) electrons. The second kappa shape index (κ2) is 9.65. The van der Waals surface area contributed by atoms with Crippen LogP contribution in [0, 0.1) is 5.92 Å². The number of hydrogen-bond acceptors (Lipinski definition) is 3. The Morgan fingerprint density at radius 2 is 1.75 bits per heavy atom. The molecule has 0 amide bonds. The second-order valence-corrected chi connectivity index (χ2v) is 5.60. The van der Waals surface area contributed by atoms with Crippen molar-refractivity contribution in [3.63, 3.8) is 0 Å². The first-order valence-electron chi connectivity index (χ1n) is 7.59. The van der Waals surface area contributed by atoms with Crippen molar-refractivity contribution in [2.45, 2.75) is 39.5 Å². The monoisotopic (exact) mass is 279 g/mol. The lowest BCUT2D eigenvalue weighted by Crippen LogP contribution is -2.20. The van der Waals surface area contributed by atoms with Gasteiger partial charge >= 0.3 is 0 Å². The van der Waals surface area contributed by atoms with E-state index in [4.69, 9.17) is 9.47 Å². The van der Waals surface area contributed by atoms with Crippen LogP contribution in [0.5, 0.6) is 11.5 Å². The molecule has 3 nitrogen and oxygen atoms in total. The van der Waals surface area contributed by atoms with Gasteiger partial charge in [0.15, 0.2) is 11.5 Å². The minimum absolute atomic E-state index is 0.738. The summed E-state index contributed by atoms with van der Waals surface area (Å²) in [6, 6.07) is 6.19.